The highest BCUT2D eigenvalue weighted by molar-refractivity contribution is 6.30. The molecule has 1 aliphatic rings. The summed E-state index contributed by atoms with van der Waals surface area (Å²) in [6.45, 7) is 0.678. The van der Waals surface area contributed by atoms with Crippen LogP contribution in [0.5, 0.6) is 5.75 Å². The average molecular weight is 297 g/mol. The van der Waals surface area contributed by atoms with Crippen LogP contribution in [-0.4, -0.2) is 32.0 Å². The Hall–Kier alpha value is -1.75. The SMILES string of the molecule is CNC(=O)CCNC(=O)C1COc2ccc(Cl)cc2C1. The molecule has 1 aliphatic heterocycles. The van der Waals surface area contributed by atoms with Crippen molar-refractivity contribution in [2.75, 3.05) is 20.2 Å². The Balaban J connectivity index is 1.88. The number of rotatable bonds is 4. The van der Waals surface area contributed by atoms with E-state index in [1.807, 2.05) is 12.1 Å². The van der Waals surface area contributed by atoms with Gasteiger partial charge in [-0.2, -0.15) is 0 Å². The van der Waals surface area contributed by atoms with Crippen LogP contribution in [0.15, 0.2) is 18.2 Å². The Kier molecular flexibility index (Phi) is 4.84. The van der Waals surface area contributed by atoms with Crippen LogP contribution in [0.25, 0.3) is 0 Å². The lowest BCUT2D eigenvalue weighted by atomic mass is 9.96. The fraction of sp³-hybridized carbons (Fsp3) is 0.429. The second-order valence-electron chi connectivity index (χ2n) is 4.68. The average Bonchev–Trinajstić information content (AvgIpc) is 2.46. The Bertz CT molecular complexity index is 519. The monoisotopic (exact) mass is 296 g/mol. The first kappa shape index (κ1) is 14.7. The second-order valence-corrected chi connectivity index (χ2v) is 5.11. The highest BCUT2D eigenvalue weighted by atomic mass is 35.5. The predicted molar refractivity (Wildman–Crippen MR) is 75.8 cm³/mol. The quantitative estimate of drug-likeness (QED) is 0.876. The first-order valence-electron chi connectivity index (χ1n) is 6.49. The van der Waals surface area contributed by atoms with Crippen LogP contribution >= 0.6 is 11.6 Å². The van der Waals surface area contributed by atoms with Gasteiger partial charge in [0.1, 0.15) is 12.4 Å². The molecule has 1 heterocycles. The summed E-state index contributed by atoms with van der Waals surface area (Å²) < 4.78 is 5.56. The van der Waals surface area contributed by atoms with Gasteiger partial charge in [0.25, 0.3) is 0 Å². The number of amides is 2. The first-order chi connectivity index (χ1) is 9.60. The number of halogens is 1. The van der Waals surface area contributed by atoms with E-state index in [0.29, 0.717) is 24.6 Å². The Labute approximate surface area is 122 Å². The molecule has 1 unspecified atom stereocenters. The van der Waals surface area contributed by atoms with Crippen molar-refractivity contribution in [3.05, 3.63) is 28.8 Å². The van der Waals surface area contributed by atoms with E-state index < -0.39 is 0 Å². The summed E-state index contributed by atoms with van der Waals surface area (Å²) in [5, 5.41) is 5.89. The second kappa shape index (κ2) is 6.61. The van der Waals surface area contributed by atoms with Crippen molar-refractivity contribution in [3.8, 4) is 5.75 Å². The number of carbonyl (C=O) groups excluding carboxylic acids is 2. The molecule has 0 aromatic heterocycles. The standard InChI is InChI=1S/C14H17ClN2O3/c1-16-13(18)4-5-17-14(19)10-6-9-7-11(15)2-3-12(9)20-8-10/h2-3,7,10H,4-6,8H2,1H3,(H,16,18)(H,17,19). The van der Waals surface area contributed by atoms with Crippen molar-refractivity contribution in [2.45, 2.75) is 12.8 Å². The van der Waals surface area contributed by atoms with Crippen molar-refractivity contribution in [1.82, 2.24) is 10.6 Å². The normalized spacial score (nSPS) is 16.8. The number of carbonyl (C=O) groups is 2. The summed E-state index contributed by atoms with van der Waals surface area (Å²) in [7, 11) is 1.57. The molecule has 1 atom stereocenters. The highest BCUT2D eigenvalue weighted by Crippen LogP contribution is 2.29. The molecule has 5 nitrogen and oxygen atoms in total. The molecular formula is C14H17ClN2O3. The van der Waals surface area contributed by atoms with Crippen LogP contribution in [0.4, 0.5) is 0 Å². The van der Waals surface area contributed by atoms with Gasteiger partial charge >= 0.3 is 0 Å². The third kappa shape index (κ3) is 3.63. The van der Waals surface area contributed by atoms with Gasteiger partial charge in [0.2, 0.25) is 11.8 Å². The van der Waals surface area contributed by atoms with Gasteiger partial charge in [0.05, 0.1) is 5.92 Å². The molecule has 1 aromatic carbocycles. The minimum absolute atomic E-state index is 0.0951. The summed E-state index contributed by atoms with van der Waals surface area (Å²) >= 11 is 5.94. The molecular weight excluding hydrogens is 280 g/mol. The lowest BCUT2D eigenvalue weighted by Gasteiger charge is -2.24. The molecule has 0 radical (unpaired) electrons. The molecule has 20 heavy (non-hydrogen) atoms. The molecule has 6 heteroatoms. The van der Waals surface area contributed by atoms with Crippen molar-refractivity contribution in [2.24, 2.45) is 5.92 Å². The van der Waals surface area contributed by atoms with E-state index in [1.54, 1.807) is 13.1 Å². The van der Waals surface area contributed by atoms with E-state index >= 15 is 0 Å². The number of benzene rings is 1. The first-order valence-corrected chi connectivity index (χ1v) is 6.87. The number of ether oxygens (including phenoxy) is 1. The molecule has 1 aromatic rings. The fourth-order valence-corrected chi connectivity index (χ4v) is 2.29. The van der Waals surface area contributed by atoms with Crippen LogP contribution in [0, 0.1) is 5.92 Å². The molecule has 0 bridgehead atoms. The van der Waals surface area contributed by atoms with Crippen molar-refractivity contribution in [3.63, 3.8) is 0 Å². The van der Waals surface area contributed by atoms with E-state index in [4.69, 9.17) is 16.3 Å². The summed E-state index contributed by atoms with van der Waals surface area (Å²) in [4.78, 5) is 23.1. The predicted octanol–water partition coefficient (Wildman–Crippen LogP) is 1.14. The van der Waals surface area contributed by atoms with Gasteiger partial charge in [-0.25, -0.2) is 0 Å². The van der Waals surface area contributed by atoms with E-state index in [9.17, 15) is 9.59 Å². The zero-order valence-corrected chi connectivity index (χ0v) is 12.0. The van der Waals surface area contributed by atoms with Crippen LogP contribution in [-0.2, 0) is 16.0 Å². The molecule has 0 spiro atoms. The highest BCUT2D eigenvalue weighted by Gasteiger charge is 2.25. The molecule has 0 aliphatic carbocycles. The minimum Gasteiger partial charge on any atom is -0.492 e. The maximum absolute atomic E-state index is 12.0. The van der Waals surface area contributed by atoms with Gasteiger partial charge in [0, 0.05) is 25.0 Å². The van der Waals surface area contributed by atoms with Crippen LogP contribution in [0.1, 0.15) is 12.0 Å². The molecule has 0 fully saturated rings. The zero-order chi connectivity index (χ0) is 14.5. The topological polar surface area (TPSA) is 67.4 Å². The van der Waals surface area contributed by atoms with Crippen molar-refractivity contribution >= 4 is 23.4 Å². The molecule has 0 saturated heterocycles. The van der Waals surface area contributed by atoms with Gasteiger partial charge < -0.3 is 15.4 Å². The molecule has 2 rings (SSSR count). The van der Waals surface area contributed by atoms with Gasteiger partial charge in [-0.3, -0.25) is 9.59 Å². The lowest BCUT2D eigenvalue weighted by Crippen LogP contribution is -2.38. The van der Waals surface area contributed by atoms with Crippen LogP contribution < -0.4 is 15.4 Å². The summed E-state index contributed by atoms with van der Waals surface area (Å²) in [5.74, 6) is 0.344. The van der Waals surface area contributed by atoms with E-state index in [1.165, 1.54) is 0 Å². The Morgan fingerprint density at radius 2 is 2.25 bits per heavy atom. The smallest absolute Gasteiger partial charge is 0.226 e. The van der Waals surface area contributed by atoms with Gasteiger partial charge in [-0.05, 0) is 30.2 Å². The minimum atomic E-state index is -0.245. The Morgan fingerprint density at radius 3 is 3.00 bits per heavy atom. The summed E-state index contributed by atoms with van der Waals surface area (Å²) in [5.41, 5.74) is 0.940. The number of fused-ring (bicyclic) bond motifs is 1. The van der Waals surface area contributed by atoms with E-state index in [0.717, 1.165) is 11.3 Å². The number of hydrogen-bond donors (Lipinski definition) is 2. The number of nitrogens with one attached hydrogen (secondary N) is 2. The van der Waals surface area contributed by atoms with Crippen LogP contribution in [0.2, 0.25) is 5.02 Å². The molecule has 108 valence electrons. The maximum Gasteiger partial charge on any atom is 0.226 e. The third-order valence-electron chi connectivity index (χ3n) is 3.23. The van der Waals surface area contributed by atoms with Gasteiger partial charge in [0.15, 0.2) is 0 Å². The van der Waals surface area contributed by atoms with Gasteiger partial charge in [-0.15, -0.1) is 0 Å². The third-order valence-corrected chi connectivity index (χ3v) is 3.46. The van der Waals surface area contributed by atoms with E-state index in [2.05, 4.69) is 10.6 Å². The number of hydrogen-bond acceptors (Lipinski definition) is 3. The van der Waals surface area contributed by atoms with Crippen molar-refractivity contribution in [1.29, 1.82) is 0 Å². The lowest BCUT2D eigenvalue weighted by molar-refractivity contribution is -0.126. The fourth-order valence-electron chi connectivity index (χ4n) is 2.10. The van der Waals surface area contributed by atoms with Gasteiger partial charge in [-0.1, -0.05) is 11.6 Å². The largest absolute Gasteiger partial charge is 0.492 e. The molecule has 2 N–H and O–H groups in total. The van der Waals surface area contributed by atoms with Crippen molar-refractivity contribution < 1.29 is 14.3 Å². The molecule has 0 saturated carbocycles. The summed E-state index contributed by atoms with van der Waals surface area (Å²) in [6.07, 6.45) is 0.875. The Morgan fingerprint density at radius 1 is 1.45 bits per heavy atom. The van der Waals surface area contributed by atoms with Crippen LogP contribution in [0.3, 0.4) is 0 Å². The van der Waals surface area contributed by atoms with E-state index in [-0.39, 0.29) is 24.2 Å². The zero-order valence-electron chi connectivity index (χ0n) is 11.2. The maximum atomic E-state index is 12.0. The molecule has 2 amide bonds. The summed E-state index contributed by atoms with van der Waals surface area (Å²) in [6, 6.07) is 5.41.